The van der Waals surface area contributed by atoms with Crippen molar-refractivity contribution in [3.63, 3.8) is 0 Å². The van der Waals surface area contributed by atoms with Crippen molar-refractivity contribution >= 4 is 34.8 Å². The molecule has 1 aliphatic heterocycles. The Morgan fingerprint density at radius 3 is 2.67 bits per heavy atom. The molecule has 0 saturated heterocycles. The summed E-state index contributed by atoms with van der Waals surface area (Å²) in [5, 5.41) is 4.99. The summed E-state index contributed by atoms with van der Waals surface area (Å²) in [6, 6.07) is 10.0. The van der Waals surface area contributed by atoms with Crippen molar-refractivity contribution in [2.75, 3.05) is 44.4 Å². The molecule has 0 spiro atoms. The van der Waals surface area contributed by atoms with E-state index in [1.165, 1.54) is 23.4 Å². The maximum atomic E-state index is 13.2. The van der Waals surface area contributed by atoms with Gasteiger partial charge in [-0.25, -0.2) is 4.39 Å². The lowest BCUT2D eigenvalue weighted by Gasteiger charge is -2.30. The summed E-state index contributed by atoms with van der Waals surface area (Å²) in [7, 11) is 5.96. The van der Waals surface area contributed by atoms with Gasteiger partial charge in [0.05, 0.1) is 11.1 Å². The normalized spacial score (nSPS) is 14.3. The summed E-state index contributed by atoms with van der Waals surface area (Å²) in [4.78, 5) is 28.7. The van der Waals surface area contributed by atoms with E-state index < -0.39 is 17.6 Å². The number of fused-ring (bicyclic) bond motifs is 1. The zero-order valence-electron chi connectivity index (χ0n) is 17.3. The summed E-state index contributed by atoms with van der Waals surface area (Å²) in [5.41, 5.74) is 3.87. The predicted molar refractivity (Wildman–Crippen MR) is 118 cm³/mol. The van der Waals surface area contributed by atoms with Crippen LogP contribution in [0.25, 0.3) is 0 Å². The van der Waals surface area contributed by atoms with Crippen LogP contribution in [0.2, 0.25) is 5.02 Å². The molecule has 2 N–H and O–H groups in total. The number of hydrogen-bond acceptors (Lipinski definition) is 4. The Balaban J connectivity index is 1.65. The second-order valence-corrected chi connectivity index (χ2v) is 8.09. The van der Waals surface area contributed by atoms with Crippen molar-refractivity contribution in [3.8, 4) is 0 Å². The number of likely N-dealkylation sites (N-methyl/N-ethyl adjacent to an activating group) is 1. The van der Waals surface area contributed by atoms with Gasteiger partial charge in [-0.3, -0.25) is 9.59 Å². The van der Waals surface area contributed by atoms with Crippen LogP contribution in [-0.2, 0) is 16.0 Å². The fraction of sp³-hybridized carbons (Fsp3) is 0.364. The summed E-state index contributed by atoms with van der Waals surface area (Å²) in [5.74, 6) is -2.19. The lowest BCUT2D eigenvalue weighted by atomic mass is 9.96. The first kappa shape index (κ1) is 22.1. The van der Waals surface area contributed by atoms with Crippen molar-refractivity contribution in [1.29, 1.82) is 0 Å². The fourth-order valence-corrected chi connectivity index (χ4v) is 3.82. The highest BCUT2D eigenvalue weighted by Crippen LogP contribution is 2.30. The highest BCUT2D eigenvalue weighted by Gasteiger charge is 2.21. The summed E-state index contributed by atoms with van der Waals surface area (Å²) in [6.07, 6.45) is 2.15. The number of benzene rings is 2. The number of aryl methyl sites for hydroxylation is 1. The number of amides is 2. The Kier molecular flexibility index (Phi) is 6.95. The van der Waals surface area contributed by atoms with Crippen molar-refractivity contribution in [2.24, 2.45) is 0 Å². The molecular weight excluding hydrogens is 407 g/mol. The Labute approximate surface area is 181 Å². The van der Waals surface area contributed by atoms with Crippen LogP contribution in [0.3, 0.4) is 0 Å². The monoisotopic (exact) mass is 432 g/mol. The number of rotatable bonds is 5. The maximum absolute atomic E-state index is 13.2. The van der Waals surface area contributed by atoms with Gasteiger partial charge in [0.25, 0.3) is 0 Å². The van der Waals surface area contributed by atoms with Crippen molar-refractivity contribution in [2.45, 2.75) is 18.9 Å². The number of nitrogens with one attached hydrogen (secondary N) is 2. The Hall–Kier alpha value is -2.64. The topological polar surface area (TPSA) is 64.7 Å². The maximum Gasteiger partial charge on any atom is 0.313 e. The molecule has 1 aliphatic rings. The van der Waals surface area contributed by atoms with Gasteiger partial charge in [0, 0.05) is 31.5 Å². The SMILES string of the molecule is CN1CCCc2cc([C@@H](CNC(=O)C(=O)Nc3ccc(F)c(Cl)c3)N(C)C)ccc21. The molecule has 0 bridgehead atoms. The van der Waals surface area contributed by atoms with Crippen LogP contribution in [0, 0.1) is 5.82 Å². The molecule has 3 rings (SSSR count). The van der Waals surface area contributed by atoms with E-state index in [2.05, 4.69) is 40.8 Å². The molecule has 0 radical (unpaired) electrons. The molecule has 160 valence electrons. The molecule has 0 unspecified atom stereocenters. The molecule has 6 nitrogen and oxygen atoms in total. The van der Waals surface area contributed by atoms with E-state index in [0.717, 1.165) is 31.0 Å². The summed E-state index contributed by atoms with van der Waals surface area (Å²) < 4.78 is 13.2. The molecule has 2 aromatic carbocycles. The molecule has 8 heteroatoms. The summed E-state index contributed by atoms with van der Waals surface area (Å²) >= 11 is 5.71. The van der Waals surface area contributed by atoms with Gasteiger partial charge in [-0.15, -0.1) is 0 Å². The van der Waals surface area contributed by atoms with Crippen molar-refractivity contribution < 1.29 is 14.0 Å². The average Bonchev–Trinajstić information content (AvgIpc) is 2.70. The van der Waals surface area contributed by atoms with Gasteiger partial charge >= 0.3 is 11.8 Å². The van der Waals surface area contributed by atoms with E-state index in [1.54, 1.807) is 0 Å². The zero-order chi connectivity index (χ0) is 21.8. The third kappa shape index (κ3) is 5.09. The number of nitrogens with zero attached hydrogens (tertiary/aromatic N) is 2. The number of carbonyl (C=O) groups is 2. The van der Waals surface area contributed by atoms with E-state index in [1.807, 2.05) is 19.0 Å². The standard InChI is InChI=1S/C22H26ClFN4O2/c1-27(2)20(15-6-9-19-14(11-15)5-4-10-28(19)3)13-25-21(29)22(30)26-16-7-8-18(24)17(23)12-16/h6-9,11-12,20H,4-5,10,13H2,1-3H3,(H,25,29)(H,26,30)/t20-/m1/s1. The molecule has 2 amide bonds. The van der Waals surface area contributed by atoms with Gasteiger partial charge in [0.1, 0.15) is 5.82 Å². The van der Waals surface area contributed by atoms with Crippen LogP contribution in [0.15, 0.2) is 36.4 Å². The Morgan fingerprint density at radius 1 is 1.20 bits per heavy atom. The highest BCUT2D eigenvalue weighted by atomic mass is 35.5. The minimum absolute atomic E-state index is 0.0838. The molecule has 1 heterocycles. The second kappa shape index (κ2) is 9.45. The van der Waals surface area contributed by atoms with Gasteiger partial charge < -0.3 is 20.4 Å². The summed E-state index contributed by atoms with van der Waals surface area (Å²) in [6.45, 7) is 1.33. The smallest absolute Gasteiger partial charge is 0.313 e. The largest absolute Gasteiger partial charge is 0.374 e. The van der Waals surface area contributed by atoms with Crippen LogP contribution in [0.5, 0.6) is 0 Å². The van der Waals surface area contributed by atoms with Crippen LogP contribution < -0.4 is 15.5 Å². The van der Waals surface area contributed by atoms with Crippen molar-refractivity contribution in [1.82, 2.24) is 10.2 Å². The number of carbonyl (C=O) groups excluding carboxylic acids is 2. The first-order chi connectivity index (χ1) is 14.3. The van der Waals surface area contributed by atoms with Gasteiger partial charge in [-0.1, -0.05) is 23.7 Å². The molecule has 0 saturated carbocycles. The first-order valence-corrected chi connectivity index (χ1v) is 10.2. The Bertz CT molecular complexity index is 951. The van der Waals surface area contributed by atoms with E-state index >= 15 is 0 Å². The second-order valence-electron chi connectivity index (χ2n) is 7.69. The Morgan fingerprint density at radius 2 is 1.97 bits per heavy atom. The van der Waals surface area contributed by atoms with Gasteiger partial charge in [-0.2, -0.15) is 0 Å². The van der Waals surface area contributed by atoms with E-state index in [-0.39, 0.29) is 23.3 Å². The molecule has 0 aliphatic carbocycles. The quantitative estimate of drug-likeness (QED) is 0.712. The molecule has 0 aromatic heterocycles. The third-order valence-electron chi connectivity index (χ3n) is 5.30. The number of hydrogen-bond donors (Lipinski definition) is 2. The van der Waals surface area contributed by atoms with Gasteiger partial charge in [0.15, 0.2) is 0 Å². The van der Waals surface area contributed by atoms with E-state index in [9.17, 15) is 14.0 Å². The molecule has 0 fully saturated rings. The zero-order valence-corrected chi connectivity index (χ0v) is 18.1. The molecular formula is C22H26ClFN4O2. The van der Waals surface area contributed by atoms with Crippen LogP contribution in [0.1, 0.15) is 23.6 Å². The first-order valence-electron chi connectivity index (χ1n) is 9.81. The molecule has 1 atom stereocenters. The molecule has 2 aromatic rings. The lowest BCUT2D eigenvalue weighted by molar-refractivity contribution is -0.136. The third-order valence-corrected chi connectivity index (χ3v) is 5.59. The van der Waals surface area contributed by atoms with E-state index in [0.29, 0.717) is 0 Å². The lowest BCUT2D eigenvalue weighted by Crippen LogP contribution is -2.40. The van der Waals surface area contributed by atoms with Crippen molar-refractivity contribution in [3.05, 3.63) is 58.4 Å². The number of anilines is 2. The number of halogens is 2. The minimum atomic E-state index is -0.831. The fourth-order valence-electron chi connectivity index (χ4n) is 3.64. The molecule has 30 heavy (non-hydrogen) atoms. The van der Waals surface area contributed by atoms with Crippen LogP contribution in [0.4, 0.5) is 15.8 Å². The van der Waals surface area contributed by atoms with E-state index in [4.69, 9.17) is 11.6 Å². The average molecular weight is 433 g/mol. The highest BCUT2D eigenvalue weighted by molar-refractivity contribution is 6.39. The van der Waals surface area contributed by atoms with Crippen LogP contribution >= 0.6 is 11.6 Å². The van der Waals surface area contributed by atoms with Crippen LogP contribution in [-0.4, -0.2) is 50.9 Å². The predicted octanol–water partition coefficient (Wildman–Crippen LogP) is 3.22. The van der Waals surface area contributed by atoms with Gasteiger partial charge in [0.2, 0.25) is 0 Å². The minimum Gasteiger partial charge on any atom is -0.374 e. The van der Waals surface area contributed by atoms with Gasteiger partial charge in [-0.05, 0) is 62.3 Å².